The molecule has 0 aliphatic carbocycles. The Bertz CT molecular complexity index is 230. The maximum Gasteiger partial charge on any atom is 0.500 e. The molecule has 5 heteroatoms. The van der Waals surface area contributed by atoms with Gasteiger partial charge in [0.2, 0.25) is 0 Å². The van der Waals surface area contributed by atoms with E-state index in [1.807, 2.05) is 0 Å². The van der Waals surface area contributed by atoms with E-state index in [0.717, 1.165) is 18.2 Å². The topological polar surface area (TPSA) is 27.7 Å². The first-order valence-electron chi connectivity index (χ1n) is 9.51. The van der Waals surface area contributed by atoms with Gasteiger partial charge in [0.25, 0.3) is 0 Å². The van der Waals surface area contributed by atoms with Crippen LogP contribution in [0.3, 0.4) is 0 Å². The largest absolute Gasteiger partial charge is 0.500 e. The van der Waals surface area contributed by atoms with Gasteiger partial charge in [-0.1, -0.05) is 70.6 Å². The summed E-state index contributed by atoms with van der Waals surface area (Å²) in [6.07, 6.45) is 17.6. The Kier molecular flexibility index (Phi) is 17.6. The molecule has 0 atom stereocenters. The Labute approximate surface area is 151 Å². The number of hydrogen-bond acceptors (Lipinski definition) is 4. The maximum absolute atomic E-state index is 5.44. The Morgan fingerprint density at radius 1 is 0.522 bits per heavy atom. The van der Waals surface area contributed by atoms with Gasteiger partial charge in [-0.05, 0) is 18.6 Å². The molecule has 0 aromatic carbocycles. The van der Waals surface area contributed by atoms with Crippen molar-refractivity contribution in [3.63, 3.8) is 0 Å². The van der Waals surface area contributed by atoms with E-state index in [-0.39, 0.29) is 0 Å². The molecule has 0 saturated heterocycles. The van der Waals surface area contributed by atoms with Crippen molar-refractivity contribution in [2.45, 2.75) is 89.5 Å². The molecule has 0 aromatic rings. The predicted molar refractivity (Wildman–Crippen MR) is 105 cm³/mol. The predicted octanol–water partition coefficient (Wildman–Crippen LogP) is 5.87. The van der Waals surface area contributed by atoms with Gasteiger partial charge in [-0.15, -0.1) is 0 Å². The van der Waals surface area contributed by atoms with Crippen LogP contribution < -0.4 is 0 Å². The quantitative estimate of drug-likeness (QED) is 0.187. The summed E-state index contributed by atoms with van der Waals surface area (Å²) < 4.78 is 16.3. The molecule has 3 nitrogen and oxygen atoms in total. The van der Waals surface area contributed by atoms with Crippen molar-refractivity contribution in [2.24, 2.45) is 0 Å². The summed E-state index contributed by atoms with van der Waals surface area (Å²) in [6.45, 7) is 0. The van der Waals surface area contributed by atoms with Crippen LogP contribution in [0.15, 0.2) is 0 Å². The van der Waals surface area contributed by atoms with E-state index in [2.05, 4.69) is 12.6 Å². The van der Waals surface area contributed by atoms with E-state index in [9.17, 15) is 0 Å². The fraction of sp³-hybridized carbons (Fsp3) is 1.00. The van der Waals surface area contributed by atoms with Gasteiger partial charge < -0.3 is 13.3 Å². The molecule has 0 rings (SSSR count). The minimum absolute atomic E-state index is 0.934. The second-order valence-corrected chi connectivity index (χ2v) is 9.90. The summed E-state index contributed by atoms with van der Waals surface area (Å²) in [4.78, 5) is 0. The number of thiol groups is 1. The standard InChI is InChI=1S/C18H40O3SSi/c1-19-23(20-2,21-3)18-16-14-12-10-8-6-4-5-7-9-11-13-15-17-22/h22H,4-18H2,1-3H3. The van der Waals surface area contributed by atoms with Crippen LogP contribution in [0, 0.1) is 0 Å². The molecule has 0 saturated carbocycles. The van der Waals surface area contributed by atoms with Gasteiger partial charge in [0.15, 0.2) is 0 Å². The first-order chi connectivity index (χ1) is 11.2. The molecule has 0 N–H and O–H groups in total. The van der Waals surface area contributed by atoms with Gasteiger partial charge in [0.1, 0.15) is 0 Å². The fourth-order valence-corrected chi connectivity index (χ4v) is 4.97. The van der Waals surface area contributed by atoms with Crippen molar-refractivity contribution in [1.29, 1.82) is 0 Å². The van der Waals surface area contributed by atoms with Crippen LogP contribution in [-0.2, 0) is 13.3 Å². The highest BCUT2D eigenvalue weighted by Crippen LogP contribution is 2.18. The minimum Gasteiger partial charge on any atom is -0.377 e. The highest BCUT2D eigenvalue weighted by molar-refractivity contribution is 7.80. The van der Waals surface area contributed by atoms with Crippen molar-refractivity contribution in [2.75, 3.05) is 27.1 Å². The Morgan fingerprint density at radius 2 is 0.826 bits per heavy atom. The molecule has 0 amide bonds. The minimum atomic E-state index is -2.32. The third-order valence-corrected chi connectivity index (χ3v) is 7.72. The number of unbranched alkanes of at least 4 members (excludes halogenated alkanes) is 12. The Morgan fingerprint density at radius 3 is 1.13 bits per heavy atom. The highest BCUT2D eigenvalue weighted by atomic mass is 32.1. The molecule has 0 fully saturated rings. The summed E-state index contributed by atoms with van der Waals surface area (Å²) in [6, 6.07) is 0.934. The smallest absolute Gasteiger partial charge is 0.377 e. The fourth-order valence-electron chi connectivity index (χ4n) is 2.95. The maximum atomic E-state index is 5.44. The normalized spacial score (nSPS) is 12.0. The molecule has 0 aliphatic heterocycles. The number of hydrogen-bond donors (Lipinski definition) is 1. The molecule has 0 radical (unpaired) electrons. The molecule has 0 heterocycles. The molecule has 0 unspecified atom stereocenters. The van der Waals surface area contributed by atoms with E-state index >= 15 is 0 Å². The van der Waals surface area contributed by atoms with E-state index in [4.69, 9.17) is 13.3 Å². The molecule has 23 heavy (non-hydrogen) atoms. The lowest BCUT2D eigenvalue weighted by atomic mass is 10.0. The van der Waals surface area contributed by atoms with Crippen LogP contribution >= 0.6 is 12.6 Å². The molecular formula is C18H40O3SSi. The molecule has 0 aromatic heterocycles. The summed E-state index contributed by atoms with van der Waals surface area (Å²) in [5, 5.41) is 0. The van der Waals surface area contributed by atoms with Gasteiger partial charge in [-0.3, -0.25) is 0 Å². The van der Waals surface area contributed by atoms with E-state index in [0.29, 0.717) is 0 Å². The molecular weight excluding hydrogens is 324 g/mol. The lowest BCUT2D eigenvalue weighted by Gasteiger charge is -2.24. The van der Waals surface area contributed by atoms with Crippen molar-refractivity contribution in [3.05, 3.63) is 0 Å². The van der Waals surface area contributed by atoms with Gasteiger partial charge in [-0.2, -0.15) is 12.6 Å². The number of rotatable bonds is 18. The van der Waals surface area contributed by atoms with Crippen LogP contribution in [0.5, 0.6) is 0 Å². The molecule has 0 aliphatic rings. The third-order valence-electron chi connectivity index (χ3n) is 4.57. The zero-order chi connectivity index (χ0) is 17.2. The second kappa shape index (κ2) is 17.3. The van der Waals surface area contributed by atoms with Gasteiger partial charge in [0.05, 0.1) is 0 Å². The zero-order valence-corrected chi connectivity index (χ0v) is 17.7. The van der Waals surface area contributed by atoms with Gasteiger partial charge in [-0.25, -0.2) is 0 Å². The first-order valence-corrected chi connectivity index (χ1v) is 12.1. The van der Waals surface area contributed by atoms with Crippen molar-refractivity contribution < 1.29 is 13.3 Å². The summed E-state index contributed by atoms with van der Waals surface area (Å²) in [5.74, 6) is 1.05. The highest BCUT2D eigenvalue weighted by Gasteiger charge is 2.36. The Hall–Kier alpha value is 0.447. The van der Waals surface area contributed by atoms with Crippen molar-refractivity contribution in [3.8, 4) is 0 Å². The van der Waals surface area contributed by atoms with Gasteiger partial charge in [0, 0.05) is 27.4 Å². The monoisotopic (exact) mass is 364 g/mol. The van der Waals surface area contributed by atoms with Crippen LogP contribution in [0.1, 0.15) is 83.5 Å². The SMILES string of the molecule is CO[Si](CCCCCCCCCCCCCCCS)(OC)OC. The van der Waals surface area contributed by atoms with Gasteiger partial charge >= 0.3 is 8.80 Å². The van der Waals surface area contributed by atoms with Crippen LogP contribution in [0.4, 0.5) is 0 Å². The summed E-state index contributed by atoms with van der Waals surface area (Å²) >= 11 is 4.24. The zero-order valence-electron chi connectivity index (χ0n) is 15.8. The lowest BCUT2D eigenvalue weighted by molar-refractivity contribution is 0.122. The summed E-state index contributed by atoms with van der Waals surface area (Å²) in [5.41, 5.74) is 0. The van der Waals surface area contributed by atoms with Crippen LogP contribution in [-0.4, -0.2) is 35.9 Å². The average Bonchev–Trinajstić information content (AvgIpc) is 2.59. The van der Waals surface area contributed by atoms with E-state index in [1.54, 1.807) is 21.3 Å². The third kappa shape index (κ3) is 13.4. The second-order valence-electron chi connectivity index (χ2n) is 6.37. The molecule has 140 valence electrons. The first kappa shape index (κ1) is 23.4. The average molecular weight is 365 g/mol. The van der Waals surface area contributed by atoms with Crippen molar-refractivity contribution in [1.82, 2.24) is 0 Å². The van der Waals surface area contributed by atoms with Crippen LogP contribution in [0.2, 0.25) is 6.04 Å². The van der Waals surface area contributed by atoms with E-state index in [1.165, 1.54) is 77.0 Å². The summed E-state index contributed by atoms with van der Waals surface area (Å²) in [7, 11) is 2.76. The molecule has 0 bridgehead atoms. The molecule has 0 spiro atoms. The van der Waals surface area contributed by atoms with Crippen LogP contribution in [0.25, 0.3) is 0 Å². The Balaban J connectivity index is 3.25. The lowest BCUT2D eigenvalue weighted by Crippen LogP contribution is -2.42. The van der Waals surface area contributed by atoms with Crippen molar-refractivity contribution >= 4 is 21.4 Å². The van der Waals surface area contributed by atoms with E-state index < -0.39 is 8.80 Å².